The van der Waals surface area contributed by atoms with Crippen LogP contribution in [0.4, 0.5) is 4.79 Å². The molecule has 0 saturated carbocycles. The van der Waals surface area contributed by atoms with Gasteiger partial charge in [0.05, 0.1) is 6.61 Å². The molecule has 0 radical (unpaired) electrons. The van der Waals surface area contributed by atoms with Crippen LogP contribution < -0.4 is 0 Å². The van der Waals surface area contributed by atoms with Gasteiger partial charge in [0.2, 0.25) is 5.91 Å². The van der Waals surface area contributed by atoms with E-state index >= 15 is 0 Å². The number of hydrogen-bond donors (Lipinski definition) is 0. The van der Waals surface area contributed by atoms with Crippen LogP contribution in [0.1, 0.15) is 5.56 Å². The molecule has 3 rings (SSSR count). The van der Waals surface area contributed by atoms with Gasteiger partial charge in [0.15, 0.2) is 6.61 Å². The molecule has 1 aromatic carbocycles. The van der Waals surface area contributed by atoms with E-state index in [1.807, 2.05) is 30.3 Å². The Hall–Kier alpha value is -2.41. The van der Waals surface area contributed by atoms with E-state index in [0.29, 0.717) is 26.2 Å². The lowest BCUT2D eigenvalue weighted by Crippen LogP contribution is -2.55. The highest BCUT2D eigenvalue weighted by atomic mass is 16.6. The summed E-state index contributed by atoms with van der Waals surface area (Å²) >= 11 is 0. The summed E-state index contributed by atoms with van der Waals surface area (Å²) in [7, 11) is 0. The SMILES string of the molecule is O=C(COCc1ccccc1)N1CC(CN2C(=O)COC2=O)C1. The Morgan fingerprint density at radius 3 is 2.61 bits per heavy atom. The Balaban J connectivity index is 1.35. The third-order valence-corrected chi connectivity index (χ3v) is 3.93. The van der Waals surface area contributed by atoms with Crippen LogP contribution in [0.15, 0.2) is 30.3 Å². The number of hydrogen-bond acceptors (Lipinski definition) is 5. The molecule has 7 heteroatoms. The lowest BCUT2D eigenvalue weighted by molar-refractivity contribution is -0.143. The fourth-order valence-electron chi connectivity index (χ4n) is 2.63. The molecule has 0 unspecified atom stereocenters. The van der Waals surface area contributed by atoms with Crippen molar-refractivity contribution in [3.63, 3.8) is 0 Å². The number of amides is 3. The van der Waals surface area contributed by atoms with Crippen LogP contribution >= 0.6 is 0 Å². The van der Waals surface area contributed by atoms with Crippen molar-refractivity contribution in [3.05, 3.63) is 35.9 Å². The van der Waals surface area contributed by atoms with Crippen molar-refractivity contribution in [1.82, 2.24) is 9.80 Å². The molecule has 0 spiro atoms. The number of cyclic esters (lactones) is 1. The zero-order chi connectivity index (χ0) is 16.2. The molecule has 2 aliphatic rings. The maximum absolute atomic E-state index is 12.0. The molecule has 0 bridgehead atoms. The standard InChI is InChI=1S/C16H18N2O5/c19-14(10-22-9-12-4-2-1-3-5-12)17-6-13(7-17)8-18-15(20)11-23-16(18)21/h1-5,13H,6-11H2. The topological polar surface area (TPSA) is 76.2 Å². The first-order valence-corrected chi connectivity index (χ1v) is 7.50. The van der Waals surface area contributed by atoms with Gasteiger partial charge in [-0.25, -0.2) is 9.69 Å². The highest BCUT2D eigenvalue weighted by molar-refractivity contribution is 5.97. The highest BCUT2D eigenvalue weighted by Crippen LogP contribution is 2.19. The first-order chi connectivity index (χ1) is 11.1. The summed E-state index contributed by atoms with van der Waals surface area (Å²) in [6.45, 7) is 1.63. The number of rotatable bonds is 6. The molecule has 2 heterocycles. The number of carbonyl (C=O) groups excluding carboxylic acids is 3. The number of imide groups is 1. The molecular weight excluding hydrogens is 300 g/mol. The minimum atomic E-state index is -0.592. The molecule has 0 aromatic heterocycles. The van der Waals surface area contributed by atoms with E-state index in [9.17, 15) is 14.4 Å². The van der Waals surface area contributed by atoms with E-state index in [0.717, 1.165) is 10.5 Å². The van der Waals surface area contributed by atoms with Gasteiger partial charge in [0.25, 0.3) is 5.91 Å². The van der Waals surface area contributed by atoms with Gasteiger partial charge in [-0.1, -0.05) is 30.3 Å². The van der Waals surface area contributed by atoms with E-state index in [1.54, 1.807) is 4.90 Å². The van der Waals surface area contributed by atoms with E-state index < -0.39 is 6.09 Å². The Morgan fingerprint density at radius 2 is 1.96 bits per heavy atom. The fraction of sp³-hybridized carbons (Fsp3) is 0.438. The first-order valence-electron chi connectivity index (χ1n) is 7.50. The van der Waals surface area contributed by atoms with Crippen molar-refractivity contribution in [2.45, 2.75) is 6.61 Å². The van der Waals surface area contributed by atoms with Gasteiger partial charge >= 0.3 is 6.09 Å². The molecule has 122 valence electrons. The lowest BCUT2D eigenvalue weighted by atomic mass is 9.99. The number of carbonyl (C=O) groups is 3. The molecule has 0 aliphatic carbocycles. The lowest BCUT2D eigenvalue weighted by Gasteiger charge is -2.40. The Morgan fingerprint density at radius 1 is 1.22 bits per heavy atom. The van der Waals surface area contributed by atoms with Crippen LogP contribution in [0.2, 0.25) is 0 Å². The van der Waals surface area contributed by atoms with Crippen LogP contribution in [-0.4, -0.2) is 60.6 Å². The van der Waals surface area contributed by atoms with Gasteiger partial charge in [0, 0.05) is 25.6 Å². The largest absolute Gasteiger partial charge is 0.439 e. The maximum Gasteiger partial charge on any atom is 0.417 e. The van der Waals surface area contributed by atoms with Crippen molar-refractivity contribution in [3.8, 4) is 0 Å². The van der Waals surface area contributed by atoms with Crippen LogP contribution in [0.5, 0.6) is 0 Å². The summed E-state index contributed by atoms with van der Waals surface area (Å²) in [5.74, 6) is -0.277. The van der Waals surface area contributed by atoms with Gasteiger partial charge in [-0.2, -0.15) is 0 Å². The maximum atomic E-state index is 12.0. The number of benzene rings is 1. The van der Waals surface area contributed by atoms with Crippen molar-refractivity contribution >= 4 is 17.9 Å². The van der Waals surface area contributed by atoms with Crippen molar-refractivity contribution < 1.29 is 23.9 Å². The van der Waals surface area contributed by atoms with Gasteiger partial charge in [-0.15, -0.1) is 0 Å². The number of likely N-dealkylation sites (tertiary alicyclic amines) is 1. The van der Waals surface area contributed by atoms with Gasteiger partial charge in [-0.3, -0.25) is 9.59 Å². The van der Waals surface area contributed by atoms with Gasteiger partial charge in [0.1, 0.15) is 6.61 Å². The molecule has 2 aliphatic heterocycles. The van der Waals surface area contributed by atoms with Crippen LogP contribution in [0, 0.1) is 5.92 Å². The zero-order valence-corrected chi connectivity index (χ0v) is 12.6. The molecule has 23 heavy (non-hydrogen) atoms. The molecular formula is C16H18N2O5. The summed E-state index contributed by atoms with van der Waals surface area (Å²) in [5, 5.41) is 0. The minimum Gasteiger partial charge on any atom is -0.439 e. The van der Waals surface area contributed by atoms with Gasteiger partial charge < -0.3 is 14.4 Å². The second kappa shape index (κ2) is 6.78. The third kappa shape index (κ3) is 3.68. The van der Waals surface area contributed by atoms with E-state index in [2.05, 4.69) is 4.74 Å². The Bertz CT molecular complexity index is 582. The molecule has 0 atom stereocenters. The molecule has 2 fully saturated rings. The van der Waals surface area contributed by atoms with E-state index in [-0.39, 0.29) is 30.9 Å². The monoisotopic (exact) mass is 318 g/mol. The Kier molecular flexibility index (Phi) is 4.57. The minimum absolute atomic E-state index is 0.0340. The fourth-order valence-corrected chi connectivity index (χ4v) is 2.63. The Labute approximate surface area is 133 Å². The van der Waals surface area contributed by atoms with Crippen LogP contribution in [-0.2, 0) is 25.7 Å². The predicted molar refractivity (Wildman–Crippen MR) is 79.2 cm³/mol. The molecule has 7 nitrogen and oxygen atoms in total. The summed E-state index contributed by atoms with van der Waals surface area (Å²) in [6, 6.07) is 9.65. The van der Waals surface area contributed by atoms with Gasteiger partial charge in [-0.05, 0) is 5.56 Å². The molecule has 0 N–H and O–H groups in total. The molecule has 1 aromatic rings. The van der Waals surface area contributed by atoms with E-state index in [1.165, 1.54) is 0 Å². The third-order valence-electron chi connectivity index (χ3n) is 3.93. The first kappa shape index (κ1) is 15.5. The van der Waals surface area contributed by atoms with Crippen molar-refractivity contribution in [2.24, 2.45) is 5.92 Å². The van der Waals surface area contributed by atoms with E-state index in [4.69, 9.17) is 4.74 Å². The van der Waals surface area contributed by atoms with Crippen LogP contribution in [0.25, 0.3) is 0 Å². The zero-order valence-electron chi connectivity index (χ0n) is 12.6. The second-order valence-electron chi connectivity index (χ2n) is 5.70. The van der Waals surface area contributed by atoms with Crippen molar-refractivity contribution in [1.29, 1.82) is 0 Å². The van der Waals surface area contributed by atoms with Crippen molar-refractivity contribution in [2.75, 3.05) is 32.8 Å². The highest BCUT2D eigenvalue weighted by Gasteiger charge is 2.38. The quantitative estimate of drug-likeness (QED) is 0.769. The molecule has 3 amide bonds. The average molecular weight is 318 g/mol. The molecule has 2 saturated heterocycles. The summed E-state index contributed by atoms with van der Waals surface area (Å²) in [6.07, 6.45) is -0.592. The smallest absolute Gasteiger partial charge is 0.417 e. The predicted octanol–water partition coefficient (Wildman–Crippen LogP) is 0.640. The summed E-state index contributed by atoms with van der Waals surface area (Å²) in [4.78, 5) is 37.5. The number of nitrogens with zero attached hydrogens (tertiary/aromatic N) is 2. The summed E-state index contributed by atoms with van der Waals surface area (Å²) < 4.78 is 10.1. The van der Waals surface area contributed by atoms with Crippen LogP contribution in [0.3, 0.4) is 0 Å². The number of ether oxygens (including phenoxy) is 2. The average Bonchev–Trinajstić information content (AvgIpc) is 2.82. The summed E-state index contributed by atoms with van der Waals surface area (Å²) in [5.41, 5.74) is 1.02. The second-order valence-corrected chi connectivity index (χ2v) is 5.70. The normalized spacial score (nSPS) is 18.1.